The van der Waals surface area contributed by atoms with Gasteiger partial charge in [0.05, 0.1) is 0 Å². The van der Waals surface area contributed by atoms with Gasteiger partial charge >= 0.3 is 0 Å². The zero-order chi connectivity index (χ0) is 14.6. The van der Waals surface area contributed by atoms with E-state index < -0.39 is 23.3 Å². The molecule has 4 heteroatoms. The van der Waals surface area contributed by atoms with Crippen molar-refractivity contribution in [3.8, 4) is 11.1 Å². The van der Waals surface area contributed by atoms with Gasteiger partial charge in [-0.1, -0.05) is 19.1 Å². The highest BCUT2D eigenvalue weighted by molar-refractivity contribution is 5.78. The third kappa shape index (κ3) is 1.60. The molecule has 0 unspecified atom stereocenters. The van der Waals surface area contributed by atoms with E-state index in [1.54, 1.807) is 13.0 Å². The molecule has 0 aromatic heterocycles. The van der Waals surface area contributed by atoms with Crippen molar-refractivity contribution in [3.05, 3.63) is 57.7 Å². The Morgan fingerprint density at radius 1 is 0.850 bits per heavy atom. The van der Waals surface area contributed by atoms with Crippen LogP contribution in [0, 0.1) is 30.2 Å². The smallest absolute Gasteiger partial charge is 0.167 e. The summed E-state index contributed by atoms with van der Waals surface area (Å²) in [6.07, 6.45) is 0.648. The third-order valence-electron chi connectivity index (χ3n) is 3.85. The number of hydrogen-bond donors (Lipinski definition) is 0. The summed E-state index contributed by atoms with van der Waals surface area (Å²) in [5, 5.41) is 0. The molecule has 0 bridgehead atoms. The van der Waals surface area contributed by atoms with Gasteiger partial charge in [0.1, 0.15) is 0 Å². The lowest BCUT2D eigenvalue weighted by molar-refractivity contribution is 0.494. The number of aryl methyl sites for hydroxylation is 2. The molecule has 104 valence electrons. The van der Waals surface area contributed by atoms with E-state index in [9.17, 15) is 17.6 Å². The summed E-state index contributed by atoms with van der Waals surface area (Å²) in [5.41, 5.74) is 1.17. The van der Waals surface area contributed by atoms with Gasteiger partial charge in [0.15, 0.2) is 23.3 Å². The molecule has 0 aliphatic heterocycles. The molecule has 0 radical (unpaired) electrons. The Balaban J connectivity index is 2.36. The van der Waals surface area contributed by atoms with Crippen LogP contribution >= 0.6 is 0 Å². The lowest BCUT2D eigenvalue weighted by Crippen LogP contribution is -1.99. The van der Waals surface area contributed by atoms with E-state index in [-0.39, 0.29) is 22.3 Å². The van der Waals surface area contributed by atoms with Crippen LogP contribution in [-0.4, -0.2) is 0 Å². The number of hydrogen-bond acceptors (Lipinski definition) is 0. The zero-order valence-corrected chi connectivity index (χ0v) is 11.1. The van der Waals surface area contributed by atoms with Gasteiger partial charge in [0.25, 0.3) is 0 Å². The highest BCUT2D eigenvalue weighted by Gasteiger charge is 2.30. The van der Waals surface area contributed by atoms with Crippen LogP contribution < -0.4 is 0 Å². The Labute approximate surface area is 114 Å². The first-order chi connectivity index (χ1) is 9.45. The molecule has 0 heterocycles. The molecule has 0 N–H and O–H groups in total. The van der Waals surface area contributed by atoms with E-state index in [2.05, 4.69) is 0 Å². The minimum Gasteiger partial charge on any atom is -0.203 e. The second-order valence-electron chi connectivity index (χ2n) is 5.08. The minimum absolute atomic E-state index is 0.133. The van der Waals surface area contributed by atoms with Gasteiger partial charge in [-0.2, -0.15) is 0 Å². The maximum absolute atomic E-state index is 14.2. The minimum atomic E-state index is -1.10. The maximum Gasteiger partial charge on any atom is 0.167 e. The molecule has 0 amide bonds. The van der Waals surface area contributed by atoms with E-state index in [4.69, 9.17) is 0 Å². The number of fused-ring (bicyclic) bond motifs is 3. The van der Waals surface area contributed by atoms with Crippen LogP contribution in [0.15, 0.2) is 12.1 Å². The van der Waals surface area contributed by atoms with Crippen molar-refractivity contribution in [2.24, 2.45) is 0 Å². The van der Waals surface area contributed by atoms with Crippen molar-refractivity contribution in [1.82, 2.24) is 0 Å². The Morgan fingerprint density at radius 2 is 1.40 bits per heavy atom. The lowest BCUT2D eigenvalue weighted by Gasteiger charge is -2.09. The topological polar surface area (TPSA) is 0 Å². The molecule has 0 fully saturated rings. The van der Waals surface area contributed by atoms with Crippen LogP contribution in [0.3, 0.4) is 0 Å². The van der Waals surface area contributed by atoms with E-state index in [0.29, 0.717) is 24.0 Å². The van der Waals surface area contributed by atoms with E-state index in [1.165, 1.54) is 13.0 Å². The van der Waals surface area contributed by atoms with Crippen LogP contribution in [0.25, 0.3) is 11.1 Å². The van der Waals surface area contributed by atoms with E-state index in [1.807, 2.05) is 0 Å². The van der Waals surface area contributed by atoms with E-state index >= 15 is 0 Å². The third-order valence-corrected chi connectivity index (χ3v) is 3.85. The van der Waals surface area contributed by atoms with Crippen LogP contribution in [0.2, 0.25) is 0 Å². The fourth-order valence-electron chi connectivity index (χ4n) is 2.84. The van der Waals surface area contributed by atoms with Crippen molar-refractivity contribution in [2.45, 2.75) is 26.7 Å². The Kier molecular flexibility index (Phi) is 2.85. The van der Waals surface area contributed by atoms with Crippen molar-refractivity contribution in [2.75, 3.05) is 0 Å². The average Bonchev–Trinajstić information content (AvgIpc) is 2.78. The highest BCUT2D eigenvalue weighted by Crippen LogP contribution is 2.43. The molecule has 1 aliphatic rings. The number of benzene rings is 2. The summed E-state index contributed by atoms with van der Waals surface area (Å²) < 4.78 is 55.8. The van der Waals surface area contributed by atoms with Gasteiger partial charge in [-0.25, -0.2) is 17.6 Å². The van der Waals surface area contributed by atoms with Crippen LogP contribution in [0.5, 0.6) is 0 Å². The summed E-state index contributed by atoms with van der Waals surface area (Å²) in [4.78, 5) is 0. The maximum atomic E-state index is 14.2. The largest absolute Gasteiger partial charge is 0.203 e. The standard InChI is InChI=1S/C16H12F4/c1-3-8-5-10-6-9-4-7(2)13(17)15(19)11(9)12(10)16(20)14(8)18/h4-5H,3,6H2,1-2H3. The molecule has 0 atom stereocenters. The van der Waals surface area contributed by atoms with Gasteiger partial charge < -0.3 is 0 Å². The predicted molar refractivity (Wildman–Crippen MR) is 68.6 cm³/mol. The van der Waals surface area contributed by atoms with Crippen molar-refractivity contribution in [1.29, 1.82) is 0 Å². The molecular weight excluding hydrogens is 268 g/mol. The highest BCUT2D eigenvalue weighted by atomic mass is 19.2. The fourth-order valence-corrected chi connectivity index (χ4v) is 2.84. The van der Waals surface area contributed by atoms with Gasteiger partial charge in [0.2, 0.25) is 0 Å². The summed E-state index contributed by atoms with van der Waals surface area (Å²) in [5.74, 6) is -4.16. The molecule has 2 aromatic rings. The molecule has 2 aromatic carbocycles. The Bertz CT molecular complexity index is 732. The van der Waals surface area contributed by atoms with Crippen LogP contribution in [-0.2, 0) is 12.8 Å². The summed E-state index contributed by atoms with van der Waals surface area (Å²) in [6, 6.07) is 3.04. The normalized spacial score (nSPS) is 12.5. The molecule has 3 rings (SSSR count). The first kappa shape index (κ1) is 13.2. The fraction of sp³-hybridized carbons (Fsp3) is 0.250. The summed E-state index contributed by atoms with van der Waals surface area (Å²) >= 11 is 0. The molecule has 0 saturated heterocycles. The van der Waals surface area contributed by atoms with E-state index in [0.717, 1.165) is 0 Å². The second-order valence-corrected chi connectivity index (χ2v) is 5.08. The lowest BCUT2D eigenvalue weighted by atomic mass is 9.99. The Morgan fingerprint density at radius 3 is 2.00 bits per heavy atom. The second kappa shape index (κ2) is 4.33. The monoisotopic (exact) mass is 280 g/mol. The van der Waals surface area contributed by atoms with Gasteiger partial charge in [-0.3, -0.25) is 0 Å². The molecule has 0 spiro atoms. The average molecular weight is 280 g/mol. The molecule has 0 saturated carbocycles. The summed E-state index contributed by atoms with van der Waals surface area (Å²) in [7, 11) is 0. The molecule has 1 aliphatic carbocycles. The number of halogens is 4. The first-order valence-electron chi connectivity index (χ1n) is 6.43. The van der Waals surface area contributed by atoms with Crippen molar-refractivity contribution < 1.29 is 17.6 Å². The molecule has 20 heavy (non-hydrogen) atoms. The van der Waals surface area contributed by atoms with Crippen LogP contribution in [0.1, 0.15) is 29.2 Å². The summed E-state index contributed by atoms with van der Waals surface area (Å²) in [6.45, 7) is 3.17. The van der Waals surface area contributed by atoms with Gasteiger partial charge in [-0.15, -0.1) is 0 Å². The van der Waals surface area contributed by atoms with Crippen molar-refractivity contribution in [3.63, 3.8) is 0 Å². The number of rotatable bonds is 1. The van der Waals surface area contributed by atoms with Gasteiger partial charge in [0, 0.05) is 11.1 Å². The van der Waals surface area contributed by atoms with Crippen LogP contribution in [0.4, 0.5) is 17.6 Å². The van der Waals surface area contributed by atoms with Crippen molar-refractivity contribution >= 4 is 0 Å². The van der Waals surface area contributed by atoms with Gasteiger partial charge in [-0.05, 0) is 42.0 Å². The SMILES string of the molecule is CCc1cc2c(c(F)c1F)-c1c(cc(C)c(F)c1F)C2. The Hall–Kier alpha value is -1.84. The molecule has 0 nitrogen and oxygen atoms in total. The quantitative estimate of drug-likeness (QED) is 0.567. The zero-order valence-electron chi connectivity index (χ0n) is 11.1. The first-order valence-corrected chi connectivity index (χ1v) is 6.43. The molecular formula is C16H12F4. The predicted octanol–water partition coefficient (Wildman–Crippen LogP) is 4.69.